The van der Waals surface area contributed by atoms with Gasteiger partial charge in [-0.15, -0.1) is 0 Å². The molecule has 0 saturated heterocycles. The molecule has 0 amide bonds. The molecule has 3 heterocycles. The molecule has 10 heteroatoms. The molecular formula is C129H82F5N3O2. The summed E-state index contributed by atoms with van der Waals surface area (Å²) in [6.07, 6.45) is 6.68. The van der Waals surface area contributed by atoms with Crippen molar-refractivity contribution in [1.82, 2.24) is 15.0 Å². The molecule has 0 bridgehead atoms. The van der Waals surface area contributed by atoms with E-state index < -0.39 is 11.7 Å². The predicted octanol–water partition coefficient (Wildman–Crippen LogP) is 36.0. The molecule has 5 nitrogen and oxygen atoms in total. The zero-order chi connectivity index (χ0) is 93.7. The van der Waals surface area contributed by atoms with E-state index in [-0.39, 0.29) is 11.6 Å². The second-order valence-corrected chi connectivity index (χ2v) is 35.7. The van der Waals surface area contributed by atoms with Crippen LogP contribution in [0.1, 0.15) is 11.1 Å². The number of nitrogens with zero attached hydrogens (tertiary/aromatic N) is 3. The van der Waals surface area contributed by atoms with Crippen LogP contribution in [-0.2, 0) is 6.18 Å². The molecule has 0 radical (unpaired) electrons. The molecule has 0 aliphatic carbocycles. The first-order valence-corrected chi connectivity index (χ1v) is 46.3. The third-order valence-electron chi connectivity index (χ3n) is 27.6. The maximum Gasteiger partial charge on any atom is 0.416 e. The summed E-state index contributed by atoms with van der Waals surface area (Å²) in [5, 5.41) is 30.8. The zero-order valence-electron chi connectivity index (χ0n) is 75.7. The monoisotopic (exact) mass is 1800 g/mol. The minimum atomic E-state index is -4.45. The standard InChI is InChI=1S/C49H33NO2.C41H26F3N.C39H23F2N/c1-51-38-19-17-30-22-35(15-13-32(30)24-38)48-41-11-5-6-12-42(41)49(36-16-14-33-25-39(52-2)20-18-31(33)23-36)47-28-45-43(37-9-7-21-50-29-37)26-34-8-3-4-10-40(34)44(45)27-46(47)48;1-25-9-6-11-27(19-25)39-32-16-4-5-17-33(32)40(28-12-7-14-30(20-28)41(42,43)44)37-22-35-31-15-3-2-10-26(31)21-34(36(35)23-38(37)39)29-13-8-18-45-24-29;40-28-12-5-9-25(18-28)38-31-15-3-4-16-32(31)39(26-10-6-13-29(41)19-26)37-22-35-33(27-11-7-17-42-23-27)20-24-8-1-2-14-30(24)34(35)21-36(37)38/h3-29H,1-2H3;2-24H,1H3;1-23H. The summed E-state index contributed by atoms with van der Waals surface area (Å²) in [7, 11) is 3.44. The average molecular weight is 1800 g/mol. The Labute approximate surface area is 797 Å². The van der Waals surface area contributed by atoms with Crippen LogP contribution >= 0.6 is 0 Å². The van der Waals surface area contributed by atoms with E-state index in [2.05, 4.69) is 283 Å². The first-order chi connectivity index (χ1) is 68.2. The molecule has 0 unspecified atom stereocenters. The largest absolute Gasteiger partial charge is 0.497 e. The van der Waals surface area contributed by atoms with Gasteiger partial charge in [-0.05, 0) is 387 Å². The smallest absolute Gasteiger partial charge is 0.416 e. The van der Waals surface area contributed by atoms with Crippen molar-refractivity contribution in [2.75, 3.05) is 14.2 Å². The van der Waals surface area contributed by atoms with E-state index in [0.29, 0.717) is 5.56 Å². The Morgan fingerprint density at radius 1 is 0.201 bits per heavy atom. The van der Waals surface area contributed by atoms with E-state index in [9.17, 15) is 22.0 Å². The van der Waals surface area contributed by atoms with Crippen molar-refractivity contribution in [2.45, 2.75) is 13.1 Å². The minimum Gasteiger partial charge on any atom is -0.497 e. The highest BCUT2D eigenvalue weighted by Gasteiger charge is 2.32. The lowest BCUT2D eigenvalue weighted by Crippen LogP contribution is -2.04. The van der Waals surface area contributed by atoms with E-state index in [0.717, 1.165) is 187 Å². The number of ether oxygens (including phenoxy) is 2. The number of hydrogen-bond donors (Lipinski definition) is 0. The third kappa shape index (κ3) is 15.1. The molecule has 0 spiro atoms. The van der Waals surface area contributed by atoms with Crippen LogP contribution in [0.15, 0.2) is 444 Å². The first-order valence-electron chi connectivity index (χ1n) is 46.3. The van der Waals surface area contributed by atoms with Crippen LogP contribution in [0.25, 0.3) is 251 Å². The quantitative estimate of drug-likeness (QED) is 0.0734. The van der Waals surface area contributed by atoms with Crippen molar-refractivity contribution < 1.29 is 31.4 Å². The van der Waals surface area contributed by atoms with Crippen molar-refractivity contribution in [2.24, 2.45) is 0 Å². The second kappa shape index (κ2) is 34.7. The number of benzene rings is 23. The SMILES string of the molecule is COc1ccc2cc(-c3c4ccccc4c(-c4ccc5cc(OC)ccc5c4)c4cc5c(cc34)c(-c3cccnc3)cc3ccccc35)ccc2c1.Cc1cccc(-c2c3ccccc3c(-c3cccc(C(F)(F)F)c3)c3cc4c(cc23)c(-c2cccnc2)cc2ccccc24)c1.Fc1cccc(-c2c3ccccc3c(-c3cccc(F)c3)c3cc4c(cc23)c(-c2cccnc2)cc2ccccc24)c1. The molecule has 0 saturated carbocycles. The maximum atomic E-state index is 14.7. The summed E-state index contributed by atoms with van der Waals surface area (Å²) in [6.45, 7) is 2.08. The number of pyridine rings is 3. The summed E-state index contributed by atoms with van der Waals surface area (Å²) in [4.78, 5) is 13.4. The maximum absolute atomic E-state index is 14.7. The summed E-state index contributed by atoms with van der Waals surface area (Å²) >= 11 is 0. The van der Waals surface area contributed by atoms with Crippen LogP contribution in [0.2, 0.25) is 0 Å². The number of fused-ring (bicyclic) bond motifs is 17. The van der Waals surface area contributed by atoms with E-state index in [4.69, 9.17) is 9.47 Å². The van der Waals surface area contributed by atoms with Gasteiger partial charge in [0, 0.05) is 53.9 Å². The highest BCUT2D eigenvalue weighted by molar-refractivity contribution is 6.31. The molecule has 23 aromatic carbocycles. The Balaban J connectivity index is 0.000000114. The molecule has 660 valence electrons. The Morgan fingerprint density at radius 2 is 0.482 bits per heavy atom. The van der Waals surface area contributed by atoms with Crippen molar-refractivity contribution in [1.29, 1.82) is 0 Å². The van der Waals surface area contributed by atoms with Crippen LogP contribution in [0, 0.1) is 18.6 Å². The van der Waals surface area contributed by atoms with Gasteiger partial charge < -0.3 is 9.47 Å². The van der Waals surface area contributed by atoms with E-state index in [1.54, 1.807) is 56.9 Å². The summed E-state index contributed by atoms with van der Waals surface area (Å²) in [5.74, 6) is 1.14. The lowest BCUT2D eigenvalue weighted by Gasteiger charge is -2.21. The van der Waals surface area contributed by atoms with Gasteiger partial charge in [0.25, 0.3) is 0 Å². The molecule has 0 fully saturated rings. The number of methoxy groups -OCH3 is 2. The van der Waals surface area contributed by atoms with Crippen molar-refractivity contribution in [3.63, 3.8) is 0 Å². The van der Waals surface area contributed by atoms with Gasteiger partial charge in [-0.25, -0.2) is 8.78 Å². The van der Waals surface area contributed by atoms with Crippen LogP contribution in [0.4, 0.5) is 22.0 Å². The second-order valence-electron chi connectivity index (χ2n) is 35.7. The van der Waals surface area contributed by atoms with Crippen molar-refractivity contribution in [3.8, 4) is 112 Å². The van der Waals surface area contributed by atoms with Crippen LogP contribution in [-0.4, -0.2) is 29.2 Å². The van der Waals surface area contributed by atoms with Gasteiger partial charge in [0.2, 0.25) is 0 Å². The zero-order valence-corrected chi connectivity index (χ0v) is 75.7. The molecule has 3 aromatic heterocycles. The molecule has 0 aliphatic rings. The van der Waals surface area contributed by atoms with Crippen molar-refractivity contribution >= 4 is 151 Å². The number of halogens is 5. The molecule has 139 heavy (non-hydrogen) atoms. The van der Waals surface area contributed by atoms with Crippen molar-refractivity contribution in [3.05, 3.63) is 466 Å². The van der Waals surface area contributed by atoms with Gasteiger partial charge in [0.15, 0.2) is 0 Å². The Hall–Kier alpha value is -17.6. The van der Waals surface area contributed by atoms with Crippen LogP contribution in [0.3, 0.4) is 0 Å². The van der Waals surface area contributed by atoms with E-state index in [1.807, 2.05) is 110 Å². The number of alkyl halides is 3. The molecule has 26 aromatic rings. The number of aryl methyl sites for hydroxylation is 1. The van der Waals surface area contributed by atoms with Gasteiger partial charge in [-0.3, -0.25) is 15.0 Å². The highest BCUT2D eigenvalue weighted by atomic mass is 19.4. The molecule has 26 rings (SSSR count). The Bertz CT molecular complexity index is 9520. The van der Waals surface area contributed by atoms with Crippen LogP contribution < -0.4 is 9.47 Å². The third-order valence-corrected chi connectivity index (χ3v) is 27.6. The summed E-state index contributed by atoms with van der Waals surface area (Å²) in [6, 6.07) is 137. The lowest BCUT2D eigenvalue weighted by atomic mass is 9.83. The van der Waals surface area contributed by atoms with E-state index in [1.165, 1.54) is 106 Å². The van der Waals surface area contributed by atoms with E-state index >= 15 is 0 Å². The number of rotatable bonds is 11. The Morgan fingerprint density at radius 3 is 0.799 bits per heavy atom. The van der Waals surface area contributed by atoms with Gasteiger partial charge >= 0.3 is 6.18 Å². The Kier molecular flexibility index (Phi) is 21.1. The number of hydrogen-bond acceptors (Lipinski definition) is 5. The number of aromatic nitrogens is 3. The predicted molar refractivity (Wildman–Crippen MR) is 569 cm³/mol. The van der Waals surface area contributed by atoms with Gasteiger partial charge in [0.1, 0.15) is 23.1 Å². The van der Waals surface area contributed by atoms with Gasteiger partial charge in [-0.1, -0.05) is 266 Å². The molecule has 0 aliphatic heterocycles. The summed E-state index contributed by atoms with van der Waals surface area (Å²) < 4.78 is 82.6. The fourth-order valence-corrected chi connectivity index (χ4v) is 21.4. The lowest BCUT2D eigenvalue weighted by molar-refractivity contribution is -0.137. The first kappa shape index (κ1) is 84.4. The molecule has 0 N–H and O–H groups in total. The fourth-order valence-electron chi connectivity index (χ4n) is 21.4. The summed E-state index contributed by atoms with van der Waals surface area (Å²) in [5.41, 5.74) is 18.7. The average Bonchev–Trinajstić information content (AvgIpc) is 0.720. The highest BCUT2D eigenvalue weighted by Crippen LogP contribution is 2.54. The fraction of sp³-hybridized carbons (Fsp3) is 0.0310. The normalized spacial score (nSPS) is 11.7. The topological polar surface area (TPSA) is 57.1 Å². The minimum absolute atomic E-state index is 0.288. The van der Waals surface area contributed by atoms with Gasteiger partial charge in [-0.2, -0.15) is 13.2 Å². The van der Waals surface area contributed by atoms with Gasteiger partial charge in [0.05, 0.1) is 19.8 Å². The molecular weight excluding hydrogens is 1720 g/mol. The molecule has 0 atom stereocenters. The van der Waals surface area contributed by atoms with Crippen LogP contribution in [0.5, 0.6) is 11.5 Å².